The fourth-order valence-corrected chi connectivity index (χ4v) is 4.24. The Bertz CT molecular complexity index is 1090. The number of fused-ring (bicyclic) bond motifs is 2. The molecular formula is C23H21NO4. The Balaban J connectivity index is 1.54. The molecule has 1 fully saturated rings. The molecular weight excluding hydrogens is 354 g/mol. The first-order valence-electron chi connectivity index (χ1n) is 9.70. The number of Topliss-reactive ketones (excluding diaryl/α,β-unsaturated/α-hetero) is 1. The summed E-state index contributed by atoms with van der Waals surface area (Å²) in [6.45, 7) is 4.50. The number of rotatable bonds is 3. The summed E-state index contributed by atoms with van der Waals surface area (Å²) < 4.78 is 11.8. The number of furan rings is 1. The second-order valence-electron chi connectivity index (χ2n) is 7.63. The molecule has 3 aromatic rings. The van der Waals surface area contributed by atoms with Gasteiger partial charge in [0.25, 0.3) is 0 Å². The van der Waals surface area contributed by atoms with Crippen LogP contribution in [-0.2, 0) is 6.54 Å². The van der Waals surface area contributed by atoms with Crippen molar-refractivity contribution < 1.29 is 24.0 Å². The Morgan fingerprint density at radius 3 is 2.75 bits per heavy atom. The van der Waals surface area contributed by atoms with Gasteiger partial charge in [0.1, 0.15) is 23.6 Å². The molecule has 5 rings (SSSR count). The van der Waals surface area contributed by atoms with Gasteiger partial charge in [0.2, 0.25) is 5.78 Å². The molecule has 142 valence electrons. The van der Waals surface area contributed by atoms with Crippen molar-refractivity contribution in [3.63, 3.8) is 0 Å². The van der Waals surface area contributed by atoms with Crippen molar-refractivity contribution >= 4 is 22.8 Å². The van der Waals surface area contributed by atoms with Crippen LogP contribution in [0.3, 0.4) is 0 Å². The first-order chi connectivity index (χ1) is 13.6. The molecule has 1 aromatic heterocycles. The smallest absolute Gasteiger partial charge is 0.232 e. The molecule has 1 N–H and O–H groups in total. The number of benzene rings is 2. The molecule has 0 bridgehead atoms. The van der Waals surface area contributed by atoms with Crippen molar-refractivity contribution in [2.24, 2.45) is 0 Å². The number of aryl methyl sites for hydroxylation is 1. The highest BCUT2D eigenvalue weighted by Gasteiger charge is 2.33. The van der Waals surface area contributed by atoms with Crippen LogP contribution in [0.5, 0.6) is 11.5 Å². The van der Waals surface area contributed by atoms with Crippen molar-refractivity contribution in [3.8, 4) is 11.5 Å². The van der Waals surface area contributed by atoms with Crippen molar-refractivity contribution in [2.45, 2.75) is 26.3 Å². The van der Waals surface area contributed by atoms with Gasteiger partial charge in [-0.25, -0.2) is 0 Å². The number of nitrogens with one attached hydrogen (secondary N) is 1. The Hall–Kier alpha value is -3.05. The second kappa shape index (κ2) is 6.53. The van der Waals surface area contributed by atoms with Gasteiger partial charge >= 0.3 is 0 Å². The van der Waals surface area contributed by atoms with Gasteiger partial charge in [-0.1, -0.05) is 30.0 Å². The van der Waals surface area contributed by atoms with Crippen LogP contribution >= 0.6 is 0 Å². The van der Waals surface area contributed by atoms with E-state index in [1.165, 1.54) is 17.7 Å². The van der Waals surface area contributed by atoms with E-state index in [1.54, 1.807) is 19.1 Å². The minimum absolute atomic E-state index is 0.0477. The number of allylic oxidation sites excluding steroid dienone is 1. The number of carbonyl (C=O) groups is 1. The van der Waals surface area contributed by atoms with E-state index in [1.807, 2.05) is 30.3 Å². The van der Waals surface area contributed by atoms with Crippen LogP contribution in [0.15, 0.2) is 46.6 Å². The molecule has 28 heavy (non-hydrogen) atoms. The Labute approximate surface area is 162 Å². The number of likely N-dealkylation sites (tertiary alicyclic amines) is 1. The molecule has 5 heteroatoms. The van der Waals surface area contributed by atoms with E-state index in [0.29, 0.717) is 34.7 Å². The average Bonchev–Trinajstić information content (AvgIpc) is 3.38. The number of ketones is 1. The van der Waals surface area contributed by atoms with Gasteiger partial charge in [-0.2, -0.15) is 0 Å². The Morgan fingerprint density at radius 1 is 1.18 bits per heavy atom. The third-order valence-corrected chi connectivity index (χ3v) is 5.66. The molecule has 2 aliphatic rings. The van der Waals surface area contributed by atoms with E-state index in [-0.39, 0.29) is 17.3 Å². The SMILES string of the molecule is Cc1cc([O-])c(C[NH+]2CCCC2)c2c1C(=O)/C(=C/c1cc3ccccc3o1)O2. The zero-order valence-electron chi connectivity index (χ0n) is 15.7. The van der Waals surface area contributed by atoms with Gasteiger partial charge in [-0.3, -0.25) is 4.79 Å². The van der Waals surface area contributed by atoms with E-state index in [4.69, 9.17) is 9.15 Å². The lowest BCUT2D eigenvalue weighted by atomic mass is 9.99. The van der Waals surface area contributed by atoms with Crippen LogP contribution in [0, 0.1) is 6.92 Å². The minimum atomic E-state index is -0.189. The molecule has 2 aliphatic heterocycles. The maximum Gasteiger partial charge on any atom is 0.232 e. The predicted molar refractivity (Wildman–Crippen MR) is 103 cm³/mol. The third-order valence-electron chi connectivity index (χ3n) is 5.66. The van der Waals surface area contributed by atoms with Gasteiger partial charge in [0.05, 0.1) is 18.7 Å². The average molecular weight is 375 g/mol. The van der Waals surface area contributed by atoms with E-state index in [0.717, 1.165) is 24.1 Å². The standard InChI is InChI=1S/C23H21NO4/c1-14-10-18(25)17(13-24-8-4-5-9-24)23-21(14)22(26)20(28-23)12-16-11-15-6-2-3-7-19(15)27-16/h2-3,6-7,10-12,25H,4-5,8-9,13H2,1H3/b20-12-. The Morgan fingerprint density at radius 2 is 1.96 bits per heavy atom. The van der Waals surface area contributed by atoms with E-state index >= 15 is 0 Å². The van der Waals surface area contributed by atoms with Gasteiger partial charge in [-0.15, -0.1) is 0 Å². The molecule has 5 nitrogen and oxygen atoms in total. The zero-order valence-corrected chi connectivity index (χ0v) is 15.7. The van der Waals surface area contributed by atoms with Crippen molar-refractivity contribution in [1.82, 2.24) is 0 Å². The largest absolute Gasteiger partial charge is 0.872 e. The van der Waals surface area contributed by atoms with Crippen LogP contribution in [0.1, 0.15) is 40.1 Å². The lowest BCUT2D eigenvalue weighted by Crippen LogP contribution is -3.08. The molecule has 1 saturated heterocycles. The first kappa shape index (κ1) is 17.1. The topological polar surface area (TPSA) is 66.9 Å². The number of para-hydroxylation sites is 1. The van der Waals surface area contributed by atoms with Crippen LogP contribution < -0.4 is 14.7 Å². The number of carbonyl (C=O) groups excluding carboxylic acids is 1. The van der Waals surface area contributed by atoms with Crippen molar-refractivity contribution in [2.75, 3.05) is 13.1 Å². The summed E-state index contributed by atoms with van der Waals surface area (Å²) >= 11 is 0. The quantitative estimate of drug-likeness (QED) is 0.715. The predicted octanol–water partition coefficient (Wildman–Crippen LogP) is 2.61. The summed E-state index contributed by atoms with van der Waals surface area (Å²) in [5, 5.41) is 13.6. The minimum Gasteiger partial charge on any atom is -0.872 e. The van der Waals surface area contributed by atoms with Crippen LogP contribution in [0.4, 0.5) is 0 Å². The fourth-order valence-electron chi connectivity index (χ4n) is 4.24. The summed E-state index contributed by atoms with van der Waals surface area (Å²) in [5.41, 5.74) is 2.54. The monoisotopic (exact) mass is 375 g/mol. The highest BCUT2D eigenvalue weighted by molar-refractivity contribution is 6.15. The highest BCUT2D eigenvalue weighted by Crippen LogP contribution is 2.40. The molecule has 0 spiro atoms. The van der Waals surface area contributed by atoms with Gasteiger partial charge in [0.15, 0.2) is 5.76 Å². The summed E-state index contributed by atoms with van der Waals surface area (Å²) in [7, 11) is 0. The van der Waals surface area contributed by atoms with Gasteiger partial charge < -0.3 is 19.2 Å². The number of hydrogen-bond donors (Lipinski definition) is 1. The maximum absolute atomic E-state index is 13.0. The molecule has 0 unspecified atom stereocenters. The number of quaternary nitrogens is 1. The van der Waals surface area contributed by atoms with Gasteiger partial charge in [-0.05, 0) is 24.6 Å². The Kier molecular flexibility index (Phi) is 3.98. The van der Waals surface area contributed by atoms with Crippen LogP contribution in [-0.4, -0.2) is 18.9 Å². The highest BCUT2D eigenvalue weighted by atomic mass is 16.5. The fraction of sp³-hybridized carbons (Fsp3) is 0.261. The summed E-state index contributed by atoms with van der Waals surface area (Å²) in [4.78, 5) is 14.4. The first-order valence-corrected chi connectivity index (χ1v) is 9.70. The van der Waals surface area contributed by atoms with E-state index in [9.17, 15) is 9.90 Å². The van der Waals surface area contributed by atoms with Gasteiger partial charge in [0, 0.05) is 29.9 Å². The molecule has 3 heterocycles. The molecule has 2 aromatic carbocycles. The number of ether oxygens (including phenoxy) is 1. The summed E-state index contributed by atoms with van der Waals surface area (Å²) in [6, 6.07) is 11.1. The second-order valence-corrected chi connectivity index (χ2v) is 7.63. The van der Waals surface area contributed by atoms with Crippen molar-refractivity contribution in [3.05, 3.63) is 64.6 Å². The molecule has 0 amide bonds. The summed E-state index contributed by atoms with van der Waals surface area (Å²) in [6.07, 6.45) is 3.97. The molecule has 0 aliphatic carbocycles. The molecule has 0 saturated carbocycles. The normalized spacial score (nSPS) is 18.2. The maximum atomic E-state index is 13.0. The van der Waals surface area contributed by atoms with Crippen molar-refractivity contribution in [1.29, 1.82) is 0 Å². The van der Waals surface area contributed by atoms with E-state index in [2.05, 4.69) is 0 Å². The third kappa shape index (κ3) is 2.79. The lowest BCUT2D eigenvalue weighted by Gasteiger charge is -2.20. The molecule has 0 radical (unpaired) electrons. The van der Waals surface area contributed by atoms with E-state index < -0.39 is 0 Å². The lowest BCUT2D eigenvalue weighted by molar-refractivity contribution is -0.901. The summed E-state index contributed by atoms with van der Waals surface area (Å²) in [5.74, 6) is 0.973. The molecule has 0 atom stereocenters. The zero-order chi connectivity index (χ0) is 19.3. The van der Waals surface area contributed by atoms with Crippen LogP contribution in [0.25, 0.3) is 17.0 Å². The van der Waals surface area contributed by atoms with Crippen LogP contribution in [0.2, 0.25) is 0 Å². The number of hydrogen-bond acceptors (Lipinski definition) is 4.